The minimum atomic E-state index is -0.769. The Balaban J connectivity index is 3.33. The topological polar surface area (TPSA) is 43.1 Å². The van der Waals surface area contributed by atoms with Gasteiger partial charge in [-0.3, -0.25) is 10.1 Å². The standard InChI is InChI=1S/C7H5ClFNO2/c1-4-2-5(8)6(9)3-7(4)10(11)12/h2-3H,1H3. The van der Waals surface area contributed by atoms with Gasteiger partial charge in [-0.25, -0.2) is 4.39 Å². The van der Waals surface area contributed by atoms with Gasteiger partial charge in [0.1, 0.15) is 5.82 Å². The highest BCUT2D eigenvalue weighted by Gasteiger charge is 2.13. The van der Waals surface area contributed by atoms with E-state index < -0.39 is 10.7 Å². The van der Waals surface area contributed by atoms with Crippen molar-refractivity contribution < 1.29 is 9.31 Å². The molecule has 0 radical (unpaired) electrons. The number of nitrogens with zero attached hydrogens (tertiary/aromatic N) is 1. The van der Waals surface area contributed by atoms with Crippen LogP contribution in [-0.4, -0.2) is 4.92 Å². The Morgan fingerprint density at radius 1 is 1.58 bits per heavy atom. The molecule has 64 valence electrons. The zero-order valence-electron chi connectivity index (χ0n) is 6.17. The van der Waals surface area contributed by atoms with E-state index in [9.17, 15) is 14.5 Å². The fourth-order valence-electron chi connectivity index (χ4n) is 0.832. The number of nitro groups is 1. The molecular formula is C7H5ClFNO2. The lowest BCUT2D eigenvalue weighted by Gasteiger charge is -1.97. The molecule has 12 heavy (non-hydrogen) atoms. The van der Waals surface area contributed by atoms with Crippen molar-refractivity contribution >= 4 is 17.3 Å². The third-order valence-corrected chi connectivity index (χ3v) is 1.73. The van der Waals surface area contributed by atoms with Gasteiger partial charge in [-0.2, -0.15) is 0 Å². The van der Waals surface area contributed by atoms with Crippen LogP contribution in [0.4, 0.5) is 10.1 Å². The van der Waals surface area contributed by atoms with Gasteiger partial charge in [0.15, 0.2) is 0 Å². The van der Waals surface area contributed by atoms with Crippen molar-refractivity contribution in [2.45, 2.75) is 6.92 Å². The van der Waals surface area contributed by atoms with Crippen molar-refractivity contribution in [1.82, 2.24) is 0 Å². The SMILES string of the molecule is Cc1cc(Cl)c(F)cc1[N+](=O)[O-]. The second-order valence-corrected chi connectivity index (χ2v) is 2.72. The van der Waals surface area contributed by atoms with Crippen LogP contribution in [0.2, 0.25) is 5.02 Å². The van der Waals surface area contributed by atoms with E-state index in [2.05, 4.69) is 0 Å². The predicted molar refractivity (Wildman–Crippen MR) is 42.8 cm³/mol. The number of benzene rings is 1. The second kappa shape index (κ2) is 3.06. The van der Waals surface area contributed by atoms with E-state index in [4.69, 9.17) is 11.6 Å². The van der Waals surface area contributed by atoms with Gasteiger partial charge >= 0.3 is 0 Å². The van der Waals surface area contributed by atoms with Crippen LogP contribution in [0.15, 0.2) is 12.1 Å². The summed E-state index contributed by atoms with van der Waals surface area (Å²) in [7, 11) is 0. The first-order valence-electron chi connectivity index (χ1n) is 3.12. The zero-order valence-corrected chi connectivity index (χ0v) is 6.93. The predicted octanol–water partition coefficient (Wildman–Crippen LogP) is 2.70. The van der Waals surface area contributed by atoms with E-state index in [0.717, 1.165) is 6.07 Å². The lowest BCUT2D eigenvalue weighted by atomic mass is 10.2. The molecule has 0 saturated heterocycles. The third-order valence-electron chi connectivity index (χ3n) is 1.44. The normalized spacial score (nSPS) is 9.92. The quantitative estimate of drug-likeness (QED) is 0.504. The fraction of sp³-hybridized carbons (Fsp3) is 0.143. The second-order valence-electron chi connectivity index (χ2n) is 2.31. The van der Waals surface area contributed by atoms with E-state index >= 15 is 0 Å². The Labute approximate surface area is 72.9 Å². The molecule has 0 bridgehead atoms. The molecule has 0 saturated carbocycles. The summed E-state index contributed by atoms with van der Waals surface area (Å²) in [5.74, 6) is -0.769. The molecule has 1 aromatic carbocycles. The number of nitro benzene ring substituents is 1. The fourth-order valence-corrected chi connectivity index (χ4v) is 1.05. The molecule has 0 heterocycles. The average molecular weight is 190 g/mol. The molecule has 0 aromatic heterocycles. The van der Waals surface area contributed by atoms with E-state index in [1.165, 1.54) is 13.0 Å². The van der Waals surface area contributed by atoms with Crippen LogP contribution in [-0.2, 0) is 0 Å². The Kier molecular flexibility index (Phi) is 2.28. The number of rotatable bonds is 1. The van der Waals surface area contributed by atoms with Gasteiger partial charge in [0.05, 0.1) is 16.0 Å². The van der Waals surface area contributed by atoms with Crippen LogP contribution >= 0.6 is 11.6 Å². The van der Waals surface area contributed by atoms with Gasteiger partial charge < -0.3 is 0 Å². The maximum atomic E-state index is 12.7. The number of hydrogen-bond donors (Lipinski definition) is 0. The van der Waals surface area contributed by atoms with Crippen LogP contribution in [0.5, 0.6) is 0 Å². The molecule has 0 atom stereocenters. The largest absolute Gasteiger partial charge is 0.275 e. The number of halogens is 2. The van der Waals surface area contributed by atoms with Crippen molar-refractivity contribution in [1.29, 1.82) is 0 Å². The molecule has 3 nitrogen and oxygen atoms in total. The summed E-state index contributed by atoms with van der Waals surface area (Å²) >= 11 is 5.39. The van der Waals surface area contributed by atoms with Crippen molar-refractivity contribution in [3.63, 3.8) is 0 Å². The van der Waals surface area contributed by atoms with Crippen LogP contribution in [0.3, 0.4) is 0 Å². The Bertz CT molecular complexity index is 340. The van der Waals surface area contributed by atoms with Gasteiger partial charge in [-0.05, 0) is 13.0 Å². The smallest absolute Gasteiger partial charge is 0.258 e. The van der Waals surface area contributed by atoms with Crippen molar-refractivity contribution in [3.8, 4) is 0 Å². The monoisotopic (exact) mass is 189 g/mol. The van der Waals surface area contributed by atoms with E-state index in [-0.39, 0.29) is 10.7 Å². The lowest BCUT2D eigenvalue weighted by Crippen LogP contribution is -1.92. The van der Waals surface area contributed by atoms with E-state index in [0.29, 0.717) is 5.56 Å². The summed E-state index contributed by atoms with van der Waals surface area (Å²) in [4.78, 5) is 9.64. The molecule has 0 aliphatic rings. The van der Waals surface area contributed by atoms with Crippen molar-refractivity contribution in [2.24, 2.45) is 0 Å². The zero-order chi connectivity index (χ0) is 9.30. The van der Waals surface area contributed by atoms with Gasteiger partial charge in [0, 0.05) is 5.56 Å². The Hall–Kier alpha value is -1.16. The number of aryl methyl sites for hydroxylation is 1. The molecule has 0 spiro atoms. The molecule has 5 heteroatoms. The van der Waals surface area contributed by atoms with Gasteiger partial charge in [0.2, 0.25) is 0 Å². The summed E-state index contributed by atoms with van der Waals surface area (Å²) in [6.45, 7) is 1.50. The van der Waals surface area contributed by atoms with Crippen molar-refractivity contribution in [2.75, 3.05) is 0 Å². The van der Waals surface area contributed by atoms with E-state index in [1.807, 2.05) is 0 Å². The highest BCUT2D eigenvalue weighted by molar-refractivity contribution is 6.30. The van der Waals surface area contributed by atoms with Gasteiger partial charge in [0.25, 0.3) is 5.69 Å². The first-order valence-corrected chi connectivity index (χ1v) is 3.50. The summed E-state index contributed by atoms with van der Waals surface area (Å²) in [6, 6.07) is 2.05. The van der Waals surface area contributed by atoms with E-state index in [1.54, 1.807) is 0 Å². The molecule has 0 aliphatic carbocycles. The maximum Gasteiger partial charge on any atom is 0.275 e. The van der Waals surface area contributed by atoms with Gasteiger partial charge in [-0.1, -0.05) is 11.6 Å². The molecular weight excluding hydrogens is 185 g/mol. The molecule has 0 N–H and O–H groups in total. The van der Waals surface area contributed by atoms with Crippen LogP contribution in [0, 0.1) is 22.9 Å². The minimum Gasteiger partial charge on any atom is -0.258 e. The van der Waals surface area contributed by atoms with Crippen molar-refractivity contribution in [3.05, 3.63) is 38.7 Å². The van der Waals surface area contributed by atoms with Crippen LogP contribution in [0.25, 0.3) is 0 Å². The average Bonchev–Trinajstić information content (AvgIpc) is 1.96. The molecule has 0 aliphatic heterocycles. The molecule has 1 rings (SSSR count). The molecule has 0 fully saturated rings. The minimum absolute atomic E-state index is 0.0990. The first kappa shape index (κ1) is 8.93. The summed E-state index contributed by atoms with van der Waals surface area (Å²) in [5, 5.41) is 10.2. The Morgan fingerprint density at radius 2 is 2.17 bits per heavy atom. The molecule has 1 aromatic rings. The summed E-state index contributed by atoms with van der Waals surface area (Å²) < 4.78 is 12.7. The van der Waals surface area contributed by atoms with Crippen LogP contribution in [0.1, 0.15) is 5.56 Å². The Morgan fingerprint density at radius 3 is 2.67 bits per heavy atom. The maximum absolute atomic E-state index is 12.7. The molecule has 0 amide bonds. The van der Waals surface area contributed by atoms with Gasteiger partial charge in [-0.15, -0.1) is 0 Å². The van der Waals surface area contributed by atoms with Crippen LogP contribution < -0.4 is 0 Å². The first-order chi connectivity index (χ1) is 5.52. The lowest BCUT2D eigenvalue weighted by molar-refractivity contribution is -0.385. The number of hydrogen-bond acceptors (Lipinski definition) is 2. The highest BCUT2D eigenvalue weighted by Crippen LogP contribution is 2.24. The highest BCUT2D eigenvalue weighted by atomic mass is 35.5. The summed E-state index contributed by atoms with van der Waals surface area (Å²) in [6.07, 6.45) is 0. The summed E-state index contributed by atoms with van der Waals surface area (Å²) in [5.41, 5.74) is 0.100. The third kappa shape index (κ3) is 1.53. The molecule has 0 unspecified atom stereocenters.